The van der Waals surface area contributed by atoms with E-state index in [1.807, 2.05) is 36.4 Å². The fourth-order valence-electron chi connectivity index (χ4n) is 1.06. The van der Waals surface area contributed by atoms with E-state index in [1.54, 1.807) is 6.08 Å². The quantitative estimate of drug-likeness (QED) is 0.515. The first kappa shape index (κ1) is 8.20. The third kappa shape index (κ3) is 2.26. The third-order valence-electron chi connectivity index (χ3n) is 1.89. The number of benzene rings is 1. The Morgan fingerprint density at radius 2 is 2.08 bits per heavy atom. The van der Waals surface area contributed by atoms with Gasteiger partial charge in [0.15, 0.2) is 5.78 Å². The van der Waals surface area contributed by atoms with E-state index in [0.29, 0.717) is 6.61 Å². The smallest absolute Gasteiger partial charge is 0.186 e. The molecule has 2 nitrogen and oxygen atoms in total. The summed E-state index contributed by atoms with van der Waals surface area (Å²) in [5.74, 6) is 0.0591. The molecule has 1 saturated heterocycles. The Hall–Kier alpha value is -1.41. The molecule has 0 spiro atoms. The zero-order valence-corrected chi connectivity index (χ0v) is 7.14. The standard InChI is InChI=1S/C11H10O2/c12-10(11-8-13-11)7-6-9-4-2-1-3-5-9/h1-7,11H,8H2/b7-6+. The second kappa shape index (κ2) is 3.54. The van der Waals surface area contributed by atoms with Crippen molar-refractivity contribution in [3.8, 4) is 0 Å². The van der Waals surface area contributed by atoms with E-state index >= 15 is 0 Å². The van der Waals surface area contributed by atoms with Gasteiger partial charge >= 0.3 is 0 Å². The summed E-state index contributed by atoms with van der Waals surface area (Å²) in [5, 5.41) is 0. The van der Waals surface area contributed by atoms with Gasteiger partial charge in [-0.3, -0.25) is 4.79 Å². The van der Waals surface area contributed by atoms with Crippen LogP contribution in [0.15, 0.2) is 36.4 Å². The first-order valence-electron chi connectivity index (χ1n) is 4.25. The molecule has 0 amide bonds. The molecule has 1 heterocycles. The predicted molar refractivity (Wildman–Crippen MR) is 50.2 cm³/mol. The highest BCUT2D eigenvalue weighted by molar-refractivity contribution is 5.98. The molecule has 2 rings (SSSR count). The van der Waals surface area contributed by atoms with E-state index in [9.17, 15) is 4.79 Å². The Kier molecular flexibility index (Phi) is 2.23. The van der Waals surface area contributed by atoms with Crippen LogP contribution in [0, 0.1) is 0 Å². The van der Waals surface area contributed by atoms with Crippen molar-refractivity contribution in [2.24, 2.45) is 0 Å². The van der Waals surface area contributed by atoms with Crippen LogP contribution >= 0.6 is 0 Å². The minimum atomic E-state index is -0.167. The van der Waals surface area contributed by atoms with E-state index in [4.69, 9.17) is 4.74 Å². The van der Waals surface area contributed by atoms with Crippen molar-refractivity contribution < 1.29 is 9.53 Å². The monoisotopic (exact) mass is 174 g/mol. The van der Waals surface area contributed by atoms with Gasteiger partial charge in [0.1, 0.15) is 6.10 Å². The second-order valence-electron chi connectivity index (χ2n) is 2.97. The molecule has 1 aromatic rings. The highest BCUT2D eigenvalue weighted by atomic mass is 16.6. The first-order valence-corrected chi connectivity index (χ1v) is 4.25. The number of rotatable bonds is 3. The molecular weight excluding hydrogens is 164 g/mol. The second-order valence-corrected chi connectivity index (χ2v) is 2.97. The molecule has 1 aliphatic heterocycles. The van der Waals surface area contributed by atoms with Crippen molar-refractivity contribution in [1.29, 1.82) is 0 Å². The Balaban J connectivity index is 2.00. The largest absolute Gasteiger partial charge is 0.364 e. The van der Waals surface area contributed by atoms with Crippen molar-refractivity contribution in [2.75, 3.05) is 6.61 Å². The summed E-state index contributed by atoms with van der Waals surface area (Å²) in [6.07, 6.45) is 3.22. The molecule has 2 heteroatoms. The summed E-state index contributed by atoms with van der Waals surface area (Å²) in [6.45, 7) is 0.581. The van der Waals surface area contributed by atoms with E-state index in [1.165, 1.54) is 0 Å². The Bertz CT molecular complexity index is 323. The van der Waals surface area contributed by atoms with Crippen LogP contribution in [-0.2, 0) is 9.53 Å². The topological polar surface area (TPSA) is 29.6 Å². The molecule has 0 bridgehead atoms. The molecule has 66 valence electrons. The number of hydrogen-bond donors (Lipinski definition) is 0. The van der Waals surface area contributed by atoms with Crippen LogP contribution in [0.1, 0.15) is 5.56 Å². The van der Waals surface area contributed by atoms with Gasteiger partial charge in [0.05, 0.1) is 6.61 Å². The average molecular weight is 174 g/mol. The summed E-state index contributed by atoms with van der Waals surface area (Å²) in [6, 6.07) is 9.74. The minimum absolute atomic E-state index is 0.0591. The van der Waals surface area contributed by atoms with Gasteiger partial charge in [-0.25, -0.2) is 0 Å². The number of ketones is 1. The lowest BCUT2D eigenvalue weighted by molar-refractivity contribution is -0.115. The highest BCUT2D eigenvalue weighted by Crippen LogP contribution is 2.11. The molecule has 1 aliphatic rings. The Morgan fingerprint density at radius 1 is 1.38 bits per heavy atom. The van der Waals surface area contributed by atoms with Gasteiger partial charge in [-0.2, -0.15) is 0 Å². The minimum Gasteiger partial charge on any atom is -0.364 e. The molecule has 0 saturated carbocycles. The third-order valence-corrected chi connectivity index (χ3v) is 1.89. The van der Waals surface area contributed by atoms with Gasteiger partial charge in [0, 0.05) is 0 Å². The van der Waals surface area contributed by atoms with Gasteiger partial charge in [-0.1, -0.05) is 36.4 Å². The van der Waals surface area contributed by atoms with Gasteiger partial charge < -0.3 is 4.74 Å². The molecular formula is C11H10O2. The van der Waals surface area contributed by atoms with Crippen LogP contribution in [0.25, 0.3) is 6.08 Å². The SMILES string of the molecule is O=C(/C=C/c1ccccc1)C1CO1. The van der Waals surface area contributed by atoms with Crippen LogP contribution < -0.4 is 0 Å². The molecule has 13 heavy (non-hydrogen) atoms. The fourth-order valence-corrected chi connectivity index (χ4v) is 1.06. The van der Waals surface area contributed by atoms with Crippen LogP contribution in [0.2, 0.25) is 0 Å². The van der Waals surface area contributed by atoms with Crippen LogP contribution in [-0.4, -0.2) is 18.5 Å². The molecule has 1 atom stereocenters. The number of ether oxygens (including phenoxy) is 1. The summed E-state index contributed by atoms with van der Waals surface area (Å²) in [4.78, 5) is 11.2. The average Bonchev–Trinajstić information content (AvgIpc) is 2.99. The lowest BCUT2D eigenvalue weighted by Gasteiger charge is -1.89. The van der Waals surface area contributed by atoms with Crippen LogP contribution in [0.3, 0.4) is 0 Å². The molecule has 0 N–H and O–H groups in total. The maximum absolute atomic E-state index is 11.2. The zero-order valence-electron chi connectivity index (χ0n) is 7.14. The summed E-state index contributed by atoms with van der Waals surface area (Å²) in [7, 11) is 0. The maximum atomic E-state index is 11.2. The predicted octanol–water partition coefficient (Wildman–Crippen LogP) is 1.67. The van der Waals surface area contributed by atoms with Crippen molar-refractivity contribution >= 4 is 11.9 Å². The van der Waals surface area contributed by atoms with Crippen LogP contribution in [0.4, 0.5) is 0 Å². The summed E-state index contributed by atoms with van der Waals surface area (Å²) >= 11 is 0. The van der Waals surface area contributed by atoms with Gasteiger partial charge in [0.25, 0.3) is 0 Å². The van der Waals surface area contributed by atoms with Gasteiger partial charge in [-0.15, -0.1) is 0 Å². The summed E-state index contributed by atoms with van der Waals surface area (Å²) < 4.78 is 4.86. The van der Waals surface area contributed by atoms with E-state index < -0.39 is 0 Å². The number of carbonyl (C=O) groups is 1. The van der Waals surface area contributed by atoms with Gasteiger partial charge in [-0.05, 0) is 11.6 Å². The van der Waals surface area contributed by atoms with E-state index in [0.717, 1.165) is 5.56 Å². The van der Waals surface area contributed by atoms with E-state index in [-0.39, 0.29) is 11.9 Å². The van der Waals surface area contributed by atoms with Crippen molar-refractivity contribution in [3.63, 3.8) is 0 Å². The Morgan fingerprint density at radius 3 is 2.69 bits per heavy atom. The number of carbonyl (C=O) groups excluding carboxylic acids is 1. The summed E-state index contributed by atoms with van der Waals surface area (Å²) in [5.41, 5.74) is 1.04. The molecule has 0 aromatic heterocycles. The van der Waals surface area contributed by atoms with Crippen molar-refractivity contribution in [1.82, 2.24) is 0 Å². The molecule has 1 aromatic carbocycles. The number of epoxide rings is 1. The molecule has 0 aliphatic carbocycles. The van der Waals surface area contributed by atoms with E-state index in [2.05, 4.69) is 0 Å². The first-order chi connectivity index (χ1) is 6.36. The molecule has 1 fully saturated rings. The van der Waals surface area contributed by atoms with Crippen molar-refractivity contribution in [2.45, 2.75) is 6.10 Å². The highest BCUT2D eigenvalue weighted by Gasteiger charge is 2.28. The van der Waals surface area contributed by atoms with Crippen LogP contribution in [0.5, 0.6) is 0 Å². The molecule has 0 radical (unpaired) electrons. The normalized spacial score (nSPS) is 20.5. The number of hydrogen-bond acceptors (Lipinski definition) is 2. The van der Waals surface area contributed by atoms with Crippen molar-refractivity contribution in [3.05, 3.63) is 42.0 Å². The lowest BCUT2D eigenvalue weighted by Crippen LogP contribution is -2.00. The Labute approximate surface area is 76.8 Å². The maximum Gasteiger partial charge on any atom is 0.186 e. The fraction of sp³-hybridized carbons (Fsp3) is 0.182. The lowest BCUT2D eigenvalue weighted by atomic mass is 10.2. The molecule has 1 unspecified atom stereocenters. The zero-order chi connectivity index (χ0) is 9.10. The van der Waals surface area contributed by atoms with Gasteiger partial charge in [0.2, 0.25) is 0 Å².